The quantitative estimate of drug-likeness (QED) is 0.479. The maximum absolute atomic E-state index is 14.6. The van der Waals surface area contributed by atoms with Crippen LogP contribution in [0.3, 0.4) is 0 Å². The first-order chi connectivity index (χ1) is 16.8. The van der Waals surface area contributed by atoms with Crippen LogP contribution in [0.4, 0.5) is 5.69 Å². The highest BCUT2D eigenvalue weighted by molar-refractivity contribution is 8.25. The van der Waals surface area contributed by atoms with Crippen molar-refractivity contribution in [1.29, 1.82) is 0 Å². The maximum Gasteiger partial charge on any atom is 0.254 e. The Balaban J connectivity index is 1.62. The summed E-state index contributed by atoms with van der Waals surface area (Å²) >= 11 is 13.6. The van der Waals surface area contributed by atoms with E-state index in [4.69, 9.17) is 28.2 Å². The third kappa shape index (κ3) is 2.83. The fourth-order valence-electron chi connectivity index (χ4n) is 5.95. The lowest BCUT2D eigenvalue weighted by molar-refractivity contribution is -0.139. The molecule has 0 aliphatic carbocycles. The molecule has 7 nitrogen and oxygen atoms in total. The Kier molecular flexibility index (Phi) is 5.12. The van der Waals surface area contributed by atoms with Gasteiger partial charge in [0.2, 0.25) is 5.91 Å². The van der Waals surface area contributed by atoms with E-state index in [0.29, 0.717) is 21.6 Å². The van der Waals surface area contributed by atoms with Gasteiger partial charge in [0.25, 0.3) is 5.91 Å². The second kappa shape index (κ2) is 7.89. The topological polar surface area (TPSA) is 69.9 Å². The van der Waals surface area contributed by atoms with E-state index in [2.05, 4.69) is 4.98 Å². The van der Waals surface area contributed by atoms with Crippen LogP contribution in [0.15, 0.2) is 65.5 Å². The molecule has 1 aromatic carbocycles. The molecule has 2 aromatic heterocycles. The minimum Gasteiger partial charge on any atom is -0.467 e. The minimum atomic E-state index is -1.30. The zero-order valence-electron chi connectivity index (χ0n) is 19.0. The van der Waals surface area contributed by atoms with Gasteiger partial charge in [0.05, 0.1) is 12.8 Å². The van der Waals surface area contributed by atoms with Crippen molar-refractivity contribution in [3.8, 4) is 0 Å². The molecule has 3 aromatic rings. The van der Waals surface area contributed by atoms with Gasteiger partial charge in [-0.25, -0.2) is 0 Å². The van der Waals surface area contributed by atoms with Crippen molar-refractivity contribution < 1.29 is 14.0 Å². The molecule has 3 aliphatic rings. The molecule has 2 fully saturated rings. The van der Waals surface area contributed by atoms with Crippen LogP contribution in [0.1, 0.15) is 22.8 Å². The summed E-state index contributed by atoms with van der Waals surface area (Å²) in [5, 5.41) is 0.505. The highest BCUT2D eigenvalue weighted by atomic mass is 35.5. The normalized spacial score (nSPS) is 28.2. The van der Waals surface area contributed by atoms with E-state index in [0.717, 1.165) is 16.8 Å². The zero-order valence-corrected chi connectivity index (χ0v) is 21.4. The lowest BCUT2D eigenvalue weighted by atomic mass is 9.72. The molecule has 0 bridgehead atoms. The number of aromatic nitrogens is 1. The van der Waals surface area contributed by atoms with Crippen molar-refractivity contribution in [3.05, 3.63) is 83.0 Å². The first-order valence-corrected chi connectivity index (χ1v) is 12.7. The van der Waals surface area contributed by atoms with Gasteiger partial charge in [-0.1, -0.05) is 41.6 Å². The molecule has 3 atom stereocenters. The number of rotatable bonds is 3. The molecule has 0 N–H and O–H groups in total. The number of anilines is 1. The van der Waals surface area contributed by atoms with E-state index < -0.39 is 10.3 Å². The Morgan fingerprint density at radius 3 is 2.74 bits per heavy atom. The van der Waals surface area contributed by atoms with E-state index in [-0.39, 0.29) is 24.3 Å². The number of likely N-dealkylation sites (N-methyl/N-ethyl adjacent to an activating group) is 2. The Morgan fingerprint density at radius 2 is 2.03 bits per heavy atom. The second-order valence-corrected chi connectivity index (χ2v) is 11.3. The number of carbonyl (C=O) groups excluding carboxylic acids is 2. The number of fused-ring (bicyclic) bond motifs is 3. The summed E-state index contributed by atoms with van der Waals surface area (Å²) < 4.78 is 4.69. The highest BCUT2D eigenvalue weighted by Gasteiger charge is 2.78. The monoisotopic (exact) mass is 524 g/mol. The van der Waals surface area contributed by atoms with Crippen molar-refractivity contribution in [2.24, 2.45) is 0 Å². The summed E-state index contributed by atoms with van der Waals surface area (Å²) in [6, 6.07) is 12.8. The van der Waals surface area contributed by atoms with Crippen molar-refractivity contribution >= 4 is 57.4 Å². The number of likely N-dealkylation sites (tertiary alicyclic amines) is 1. The number of hydrogen-bond acceptors (Lipinski definition) is 7. The first-order valence-electron chi connectivity index (χ1n) is 11.1. The predicted molar refractivity (Wildman–Crippen MR) is 138 cm³/mol. The van der Waals surface area contributed by atoms with Gasteiger partial charge < -0.3 is 9.32 Å². The number of thioether (sulfide) groups is 1. The summed E-state index contributed by atoms with van der Waals surface area (Å²) in [7, 11) is 3.64. The molecule has 3 aliphatic heterocycles. The summed E-state index contributed by atoms with van der Waals surface area (Å²) in [5.41, 5.74) is 1.04. The van der Waals surface area contributed by atoms with Crippen LogP contribution in [0, 0.1) is 0 Å². The van der Waals surface area contributed by atoms with Gasteiger partial charge in [-0.15, -0.1) is 0 Å². The van der Waals surface area contributed by atoms with Crippen LogP contribution in [-0.2, 0) is 21.7 Å². The Hall–Kier alpha value is -2.72. The van der Waals surface area contributed by atoms with Gasteiger partial charge in [-0.2, -0.15) is 0 Å². The average Bonchev–Trinajstić information content (AvgIpc) is 3.57. The summed E-state index contributed by atoms with van der Waals surface area (Å²) in [6.07, 6.45) is 5.04. The smallest absolute Gasteiger partial charge is 0.254 e. The molecule has 2 saturated heterocycles. The molecule has 35 heavy (non-hydrogen) atoms. The molecule has 2 spiro atoms. The largest absolute Gasteiger partial charge is 0.467 e. The number of amides is 2. The van der Waals surface area contributed by atoms with Gasteiger partial charge in [-0.05, 0) is 49.0 Å². The van der Waals surface area contributed by atoms with Crippen LogP contribution >= 0.6 is 35.6 Å². The van der Waals surface area contributed by atoms with Crippen molar-refractivity contribution in [3.63, 3.8) is 0 Å². The highest BCUT2D eigenvalue weighted by Crippen LogP contribution is 2.66. The SMILES string of the molecule is CN1C(=O)[C@]2(c3cc(Cl)ccc31)N(C)C[C@H](c1cccnc1)[C@@]21SC(=S)N(Cc2ccco2)C1=O. The molecule has 5 heterocycles. The van der Waals surface area contributed by atoms with Crippen molar-refractivity contribution in [1.82, 2.24) is 14.8 Å². The van der Waals surface area contributed by atoms with E-state index >= 15 is 0 Å². The van der Waals surface area contributed by atoms with E-state index in [1.807, 2.05) is 42.3 Å². The fraction of sp³-hybridized carbons (Fsp3) is 0.280. The number of hydrogen-bond donors (Lipinski definition) is 0. The maximum atomic E-state index is 14.6. The van der Waals surface area contributed by atoms with E-state index in [9.17, 15) is 9.59 Å². The third-order valence-corrected chi connectivity index (χ3v) is 9.57. The van der Waals surface area contributed by atoms with Gasteiger partial charge >= 0.3 is 0 Å². The van der Waals surface area contributed by atoms with Crippen LogP contribution in [0.5, 0.6) is 0 Å². The fourth-order valence-corrected chi connectivity index (χ4v) is 8.24. The molecule has 10 heteroatoms. The Bertz CT molecular complexity index is 1370. The zero-order chi connectivity index (χ0) is 24.5. The standard InChI is InChI=1S/C25H21ClN4O3S2/c1-28-14-19(15-5-3-9-27-12-15)25(22(32)30(23(34)35-25)13-17-6-4-10-33-17)24(28)18-11-16(26)7-8-20(18)29(2)21(24)31/h3-12,19H,13-14H2,1-2H3/t19-,24+,25+/m1/s1. The third-order valence-electron chi connectivity index (χ3n) is 7.39. The number of benzene rings is 1. The molecule has 0 saturated carbocycles. The van der Waals surface area contributed by atoms with Gasteiger partial charge in [0, 0.05) is 48.2 Å². The molecule has 0 radical (unpaired) electrons. The van der Waals surface area contributed by atoms with E-state index in [1.54, 1.807) is 47.6 Å². The van der Waals surface area contributed by atoms with Gasteiger partial charge in [-0.3, -0.25) is 24.4 Å². The van der Waals surface area contributed by atoms with Crippen LogP contribution in [0.2, 0.25) is 5.02 Å². The van der Waals surface area contributed by atoms with Gasteiger partial charge in [0.1, 0.15) is 14.8 Å². The van der Waals surface area contributed by atoms with Crippen LogP contribution < -0.4 is 4.90 Å². The lowest BCUT2D eigenvalue weighted by Gasteiger charge is -2.42. The second-order valence-electron chi connectivity index (χ2n) is 9.03. The number of carbonyl (C=O) groups is 2. The molecule has 6 rings (SSSR count). The number of halogens is 1. The van der Waals surface area contributed by atoms with Gasteiger partial charge in [0.15, 0.2) is 5.54 Å². The summed E-state index contributed by atoms with van der Waals surface area (Å²) in [5.74, 6) is -0.112. The predicted octanol–water partition coefficient (Wildman–Crippen LogP) is 4.03. The van der Waals surface area contributed by atoms with Crippen LogP contribution in [-0.4, -0.2) is 56.3 Å². The minimum absolute atomic E-state index is 0.174. The molecule has 2 amide bonds. The van der Waals surface area contributed by atoms with E-state index in [1.165, 1.54) is 11.8 Å². The Morgan fingerprint density at radius 1 is 1.20 bits per heavy atom. The number of thiocarbonyl (C=S) groups is 1. The number of pyridine rings is 1. The summed E-state index contributed by atoms with van der Waals surface area (Å²) in [4.78, 5) is 38.4. The number of nitrogens with zero attached hydrogens (tertiary/aromatic N) is 4. The van der Waals surface area contributed by atoms with Crippen LogP contribution in [0.25, 0.3) is 0 Å². The van der Waals surface area contributed by atoms with Crippen molar-refractivity contribution in [2.45, 2.75) is 22.7 Å². The first kappa shape index (κ1) is 22.7. The lowest BCUT2D eigenvalue weighted by Crippen LogP contribution is -2.62. The Labute approximate surface area is 217 Å². The summed E-state index contributed by atoms with van der Waals surface area (Å²) in [6.45, 7) is 0.665. The van der Waals surface area contributed by atoms with Crippen molar-refractivity contribution in [2.75, 3.05) is 25.5 Å². The molecular formula is C25H21ClN4O3S2. The number of furan rings is 1. The average molecular weight is 525 g/mol. The molecule has 0 unspecified atom stereocenters. The molecular weight excluding hydrogens is 504 g/mol. The molecule has 178 valence electrons.